The van der Waals surface area contributed by atoms with Crippen molar-refractivity contribution in [1.29, 1.82) is 0 Å². The number of hydrogen-bond acceptors (Lipinski definition) is 9. The molecule has 2 N–H and O–H groups in total. The summed E-state index contributed by atoms with van der Waals surface area (Å²) in [6.07, 6.45) is -3.57. The van der Waals surface area contributed by atoms with E-state index in [0.717, 1.165) is 0 Å². The average Bonchev–Trinajstić information content (AvgIpc) is 3.12. The zero-order valence-corrected chi connectivity index (χ0v) is 18.9. The number of hydrogen-bond donors (Lipinski definition) is 2. The van der Waals surface area contributed by atoms with E-state index in [1.165, 1.54) is 6.07 Å². The monoisotopic (exact) mass is 457 g/mol. The second kappa shape index (κ2) is 7.73. The fourth-order valence-corrected chi connectivity index (χ4v) is 5.51. The number of carbonyl (C=O) groups is 3. The minimum absolute atomic E-state index is 0.0282. The fraction of sp³-hybridized carbons (Fsp3) is 0.542. The largest absolute Gasteiger partial charge is 0.507 e. The first-order valence-electron chi connectivity index (χ1n) is 11.1. The van der Waals surface area contributed by atoms with Crippen molar-refractivity contribution in [1.82, 2.24) is 4.90 Å². The molecule has 0 saturated carbocycles. The molecule has 0 aromatic heterocycles. The van der Waals surface area contributed by atoms with Crippen LogP contribution in [0.1, 0.15) is 59.1 Å². The van der Waals surface area contributed by atoms with E-state index in [0.29, 0.717) is 12.0 Å². The summed E-state index contributed by atoms with van der Waals surface area (Å²) >= 11 is 0. The third kappa shape index (κ3) is 3.25. The molecule has 4 unspecified atom stereocenters. The molecule has 7 atom stereocenters. The Morgan fingerprint density at radius 1 is 1.03 bits per heavy atom. The minimum Gasteiger partial charge on any atom is -0.507 e. The number of phenols is 1. The number of fused-ring (bicyclic) bond motifs is 3. The number of ether oxygens (including phenoxy) is 3. The number of aliphatic hydroxyl groups excluding tert-OH is 1. The second-order valence-corrected chi connectivity index (χ2v) is 9.43. The van der Waals surface area contributed by atoms with Gasteiger partial charge in [-0.15, -0.1) is 0 Å². The van der Waals surface area contributed by atoms with Crippen molar-refractivity contribution in [3.05, 3.63) is 40.0 Å². The first-order valence-corrected chi connectivity index (χ1v) is 11.1. The van der Waals surface area contributed by atoms with Crippen molar-refractivity contribution in [2.24, 2.45) is 0 Å². The van der Waals surface area contributed by atoms with Crippen LogP contribution in [-0.4, -0.2) is 83.3 Å². The lowest BCUT2D eigenvalue weighted by molar-refractivity contribution is -0.142. The standard InChI is InChI=1S/C24H27NO8/c1-9-17-19(24-15(31-9)8-16(26)33-24)22(29)12-6-5-11(21(28)18(12)23(17)30)14-7-13(25(3)4)20(27)10(2)32-14/h5-6,9-10,13-15,20,24,27-28H,7-8H2,1-4H3/t9-,10?,13?,14?,15-,20?,24+/m1/s1. The van der Waals surface area contributed by atoms with Gasteiger partial charge in [-0.2, -0.15) is 0 Å². The van der Waals surface area contributed by atoms with Gasteiger partial charge in [0.05, 0.1) is 42.0 Å². The Bertz CT molecular complexity index is 1090. The van der Waals surface area contributed by atoms with Crippen molar-refractivity contribution < 1.29 is 38.8 Å². The van der Waals surface area contributed by atoms with Crippen molar-refractivity contribution in [2.45, 2.75) is 69.4 Å². The smallest absolute Gasteiger partial charge is 0.309 e. The summed E-state index contributed by atoms with van der Waals surface area (Å²) in [7, 11) is 3.72. The lowest BCUT2D eigenvalue weighted by Crippen LogP contribution is -2.50. The summed E-state index contributed by atoms with van der Waals surface area (Å²) in [4.78, 5) is 40.7. The molecule has 0 amide bonds. The molecular weight excluding hydrogens is 430 g/mol. The molecule has 0 bridgehead atoms. The number of Topliss-reactive ketones (excluding diaryl/α,β-unsaturated/α-hetero) is 2. The Hall–Kier alpha value is -2.59. The van der Waals surface area contributed by atoms with Crippen LogP contribution in [0.5, 0.6) is 5.75 Å². The van der Waals surface area contributed by atoms with E-state index < -0.39 is 54.2 Å². The Morgan fingerprint density at radius 3 is 2.45 bits per heavy atom. The number of aliphatic hydroxyl groups is 1. The van der Waals surface area contributed by atoms with Crippen molar-refractivity contribution >= 4 is 17.5 Å². The first kappa shape index (κ1) is 22.2. The van der Waals surface area contributed by atoms with Gasteiger partial charge in [0.15, 0.2) is 17.7 Å². The van der Waals surface area contributed by atoms with Crippen LogP contribution < -0.4 is 0 Å². The first-order chi connectivity index (χ1) is 15.6. The van der Waals surface area contributed by atoms with Gasteiger partial charge in [-0.25, -0.2) is 0 Å². The number of rotatable bonds is 2. The molecule has 176 valence electrons. The topological polar surface area (TPSA) is 123 Å². The number of phenolic OH excluding ortho intramolecular Hbond substituents is 1. The Labute approximate surface area is 190 Å². The maximum Gasteiger partial charge on any atom is 0.309 e. The highest BCUT2D eigenvalue weighted by molar-refractivity contribution is 6.29. The van der Waals surface area contributed by atoms with Gasteiger partial charge in [0.2, 0.25) is 0 Å². The van der Waals surface area contributed by atoms with Gasteiger partial charge in [-0.3, -0.25) is 14.4 Å². The molecule has 0 radical (unpaired) electrons. The third-order valence-electron chi connectivity index (χ3n) is 7.21. The Balaban J connectivity index is 1.57. The van der Waals surface area contributed by atoms with Crippen molar-refractivity contribution in [3.63, 3.8) is 0 Å². The second-order valence-electron chi connectivity index (χ2n) is 9.43. The summed E-state index contributed by atoms with van der Waals surface area (Å²) in [6.45, 7) is 3.41. The van der Waals surface area contributed by atoms with Crippen LogP contribution >= 0.6 is 0 Å². The van der Waals surface area contributed by atoms with Gasteiger partial charge in [-0.1, -0.05) is 6.07 Å². The Kier molecular flexibility index (Phi) is 5.20. The third-order valence-corrected chi connectivity index (χ3v) is 7.21. The number of likely N-dealkylation sites (N-methyl/N-ethyl adjacent to an activating group) is 1. The van der Waals surface area contributed by atoms with Gasteiger partial charge in [0.1, 0.15) is 11.9 Å². The number of nitrogens with zero attached hydrogens (tertiary/aromatic N) is 1. The number of esters is 1. The van der Waals surface area contributed by atoms with Gasteiger partial charge >= 0.3 is 5.97 Å². The predicted octanol–water partition coefficient (Wildman–Crippen LogP) is 1.31. The van der Waals surface area contributed by atoms with E-state index in [4.69, 9.17) is 14.2 Å². The summed E-state index contributed by atoms with van der Waals surface area (Å²) < 4.78 is 17.1. The summed E-state index contributed by atoms with van der Waals surface area (Å²) in [6, 6.07) is 2.90. The highest BCUT2D eigenvalue weighted by Crippen LogP contribution is 2.45. The molecule has 3 heterocycles. The lowest BCUT2D eigenvalue weighted by Gasteiger charge is -2.41. The van der Waals surface area contributed by atoms with Crippen LogP contribution in [-0.2, 0) is 19.0 Å². The van der Waals surface area contributed by atoms with E-state index in [1.54, 1.807) is 19.9 Å². The Morgan fingerprint density at radius 2 is 1.76 bits per heavy atom. The van der Waals surface area contributed by atoms with E-state index in [1.807, 2.05) is 19.0 Å². The minimum atomic E-state index is -0.917. The molecule has 9 heteroatoms. The molecule has 1 aromatic rings. The molecule has 3 aliphatic heterocycles. The van der Waals surface area contributed by atoms with Crippen molar-refractivity contribution in [2.75, 3.05) is 14.1 Å². The molecule has 5 rings (SSSR count). The van der Waals surface area contributed by atoms with E-state index in [2.05, 4.69) is 0 Å². The maximum absolute atomic E-state index is 13.5. The van der Waals surface area contributed by atoms with Gasteiger partial charge in [0.25, 0.3) is 0 Å². The highest BCUT2D eigenvalue weighted by Gasteiger charge is 2.51. The van der Waals surface area contributed by atoms with E-state index in [-0.39, 0.29) is 40.5 Å². The van der Waals surface area contributed by atoms with E-state index >= 15 is 0 Å². The molecule has 1 aliphatic carbocycles. The molecule has 4 aliphatic rings. The van der Waals surface area contributed by atoms with Crippen LogP contribution in [0.4, 0.5) is 0 Å². The summed E-state index contributed by atoms with van der Waals surface area (Å²) in [5, 5.41) is 21.7. The zero-order chi connectivity index (χ0) is 23.8. The molecule has 0 spiro atoms. The number of aromatic hydroxyl groups is 1. The maximum atomic E-state index is 13.5. The van der Waals surface area contributed by atoms with Crippen molar-refractivity contribution in [3.8, 4) is 5.75 Å². The normalized spacial score (nSPS) is 35.9. The summed E-state index contributed by atoms with van der Waals surface area (Å²) in [5.74, 6) is -1.74. The lowest BCUT2D eigenvalue weighted by atomic mass is 9.76. The summed E-state index contributed by atoms with van der Waals surface area (Å²) in [5.41, 5.74) is 0.643. The van der Waals surface area contributed by atoms with Gasteiger partial charge in [-0.05, 0) is 40.4 Å². The van der Waals surface area contributed by atoms with Crippen LogP contribution in [0.2, 0.25) is 0 Å². The number of ketones is 2. The van der Waals surface area contributed by atoms with Gasteiger partial charge in [0, 0.05) is 22.7 Å². The number of carbonyl (C=O) groups excluding carboxylic acids is 3. The SMILES string of the molecule is CC1OC(c2ccc3c(c2O)C(=O)C2=C(C3=O)[C@H]3OC(=O)C[C@H]3O[C@@H]2C)CC(N(C)C)C1O. The van der Waals surface area contributed by atoms with Crippen LogP contribution in [0.25, 0.3) is 0 Å². The molecule has 9 nitrogen and oxygen atoms in total. The molecular formula is C24H27NO8. The molecule has 1 aromatic carbocycles. The molecule has 2 fully saturated rings. The average molecular weight is 457 g/mol. The highest BCUT2D eigenvalue weighted by atomic mass is 16.6. The van der Waals surface area contributed by atoms with Gasteiger partial charge < -0.3 is 29.3 Å². The van der Waals surface area contributed by atoms with E-state index in [9.17, 15) is 24.6 Å². The number of benzene rings is 1. The molecule has 2 saturated heterocycles. The quantitative estimate of drug-likeness (QED) is 0.633. The predicted molar refractivity (Wildman–Crippen MR) is 114 cm³/mol. The fourth-order valence-electron chi connectivity index (χ4n) is 5.51. The zero-order valence-electron chi connectivity index (χ0n) is 18.9. The van der Waals surface area contributed by atoms with Crippen LogP contribution in [0, 0.1) is 0 Å². The van der Waals surface area contributed by atoms with Crippen LogP contribution in [0.3, 0.4) is 0 Å². The van der Waals surface area contributed by atoms with Crippen LogP contribution in [0.15, 0.2) is 23.3 Å². The molecule has 33 heavy (non-hydrogen) atoms.